The Morgan fingerprint density at radius 1 is 1.12 bits per heavy atom. The fourth-order valence-corrected chi connectivity index (χ4v) is 4.11. The minimum Gasteiger partial charge on any atom is -0.461 e. The highest BCUT2D eigenvalue weighted by molar-refractivity contribution is 6.31. The molecule has 0 aliphatic carbocycles. The fraction of sp³-hybridized carbons (Fsp3) is 0.318. The number of aliphatic imine (C=N–C) groups is 2. The van der Waals surface area contributed by atoms with Gasteiger partial charge in [-0.05, 0) is 53.5 Å². The molecule has 2 N–H and O–H groups in total. The Hall–Kier alpha value is -3.21. The highest BCUT2D eigenvalue weighted by Gasteiger charge is 2.39. The van der Waals surface area contributed by atoms with Gasteiger partial charge in [-0.15, -0.1) is 5.84 Å². The highest BCUT2D eigenvalue weighted by Crippen LogP contribution is 2.24. The van der Waals surface area contributed by atoms with Gasteiger partial charge in [0.15, 0.2) is 12.0 Å². The number of nitrogens with two attached hydrogens (primary N) is 1. The van der Waals surface area contributed by atoms with Crippen molar-refractivity contribution < 1.29 is 17.9 Å². The number of nitrogens with zero attached hydrogens (tertiary/aromatic N) is 6. The molecule has 10 heteroatoms. The van der Waals surface area contributed by atoms with Crippen molar-refractivity contribution in [1.82, 2.24) is 4.90 Å². The van der Waals surface area contributed by atoms with Crippen LogP contribution in [0.3, 0.4) is 0 Å². The zero-order chi connectivity index (χ0) is 22.1. The van der Waals surface area contributed by atoms with Crippen molar-refractivity contribution in [2.24, 2.45) is 20.9 Å². The summed E-state index contributed by atoms with van der Waals surface area (Å²) in [7, 11) is 0. The van der Waals surface area contributed by atoms with E-state index in [0.717, 1.165) is 44.2 Å². The SMILES string of the molecule is N[N+]12C=C(CCCN3CCN(c4ccc(F)cc4F)CC3)N=CC1=NC(c1ccco1)=N2. The topological polar surface area (TPSA) is 82.7 Å². The Bertz CT molecular complexity index is 1120. The summed E-state index contributed by atoms with van der Waals surface area (Å²) in [4.78, 5) is 13.2. The second kappa shape index (κ2) is 8.38. The molecule has 0 radical (unpaired) electrons. The quantitative estimate of drug-likeness (QED) is 0.553. The summed E-state index contributed by atoms with van der Waals surface area (Å²) in [6, 6.07) is 7.31. The van der Waals surface area contributed by atoms with Gasteiger partial charge in [0.05, 0.1) is 17.6 Å². The predicted octanol–water partition coefficient (Wildman–Crippen LogP) is 2.85. The third kappa shape index (κ3) is 4.12. The number of quaternary nitrogens is 1. The number of halogens is 2. The Morgan fingerprint density at radius 3 is 2.72 bits per heavy atom. The van der Waals surface area contributed by atoms with E-state index in [0.29, 0.717) is 36.2 Å². The van der Waals surface area contributed by atoms with E-state index in [4.69, 9.17) is 10.3 Å². The molecule has 166 valence electrons. The molecule has 0 bridgehead atoms. The lowest BCUT2D eigenvalue weighted by Crippen LogP contribution is -2.50. The standard InChI is InChI=1S/C22H24F2N7O/c23-16-5-6-19(18(24)13-16)30-10-8-29(9-11-30)7-1-3-17-15-31(25)21(14-26-17)27-22(28-31)20-4-2-12-32-20/h2,4-6,12-15H,1,3,7-11,25H2/q+1. The molecule has 1 atom stereocenters. The van der Waals surface area contributed by atoms with Crippen molar-refractivity contribution in [1.29, 1.82) is 0 Å². The van der Waals surface area contributed by atoms with Gasteiger partial charge in [0.25, 0.3) is 11.7 Å². The first kappa shape index (κ1) is 20.7. The summed E-state index contributed by atoms with van der Waals surface area (Å²) in [5, 5.41) is 4.48. The van der Waals surface area contributed by atoms with Crippen LogP contribution in [0.15, 0.2) is 68.0 Å². The highest BCUT2D eigenvalue weighted by atomic mass is 19.1. The van der Waals surface area contributed by atoms with Crippen molar-refractivity contribution in [3.63, 3.8) is 0 Å². The summed E-state index contributed by atoms with van der Waals surface area (Å²) in [5.41, 5.74) is 1.32. The number of anilines is 1. The summed E-state index contributed by atoms with van der Waals surface area (Å²) in [6.07, 6.45) is 6.71. The second-order valence-electron chi connectivity index (χ2n) is 8.02. The van der Waals surface area contributed by atoms with E-state index in [1.807, 2.05) is 11.1 Å². The molecule has 5 rings (SSSR count). The van der Waals surface area contributed by atoms with Crippen LogP contribution in [-0.4, -0.2) is 60.2 Å². The van der Waals surface area contributed by atoms with Gasteiger partial charge in [-0.1, -0.05) is 0 Å². The summed E-state index contributed by atoms with van der Waals surface area (Å²) in [6.45, 7) is 3.96. The average molecular weight is 440 g/mol. The molecule has 1 saturated heterocycles. The van der Waals surface area contributed by atoms with Gasteiger partial charge in [-0.3, -0.25) is 4.90 Å². The van der Waals surface area contributed by atoms with Gasteiger partial charge in [0, 0.05) is 32.2 Å². The maximum absolute atomic E-state index is 14.0. The van der Waals surface area contributed by atoms with Crippen LogP contribution in [0.4, 0.5) is 14.5 Å². The van der Waals surface area contributed by atoms with E-state index in [2.05, 4.69) is 20.0 Å². The Balaban J connectivity index is 1.13. The Morgan fingerprint density at radius 2 is 1.97 bits per heavy atom. The zero-order valence-corrected chi connectivity index (χ0v) is 17.5. The van der Waals surface area contributed by atoms with Crippen LogP contribution >= 0.6 is 0 Å². The molecule has 1 fully saturated rings. The molecule has 1 aromatic heterocycles. The molecular weight excluding hydrogens is 416 g/mol. The molecule has 32 heavy (non-hydrogen) atoms. The van der Waals surface area contributed by atoms with Crippen LogP contribution in [0.2, 0.25) is 0 Å². The molecule has 1 unspecified atom stereocenters. The molecule has 2 aromatic rings. The lowest BCUT2D eigenvalue weighted by molar-refractivity contribution is -0.803. The average Bonchev–Trinajstić information content (AvgIpc) is 3.41. The first-order valence-corrected chi connectivity index (χ1v) is 10.6. The first-order chi connectivity index (χ1) is 15.5. The number of allylic oxidation sites excluding steroid dienone is 1. The van der Waals surface area contributed by atoms with Crippen molar-refractivity contribution in [3.05, 3.63) is 65.9 Å². The van der Waals surface area contributed by atoms with Crippen LogP contribution < -0.4 is 10.7 Å². The molecule has 3 aliphatic rings. The van der Waals surface area contributed by atoms with Crippen molar-refractivity contribution in [2.75, 3.05) is 37.6 Å². The molecule has 8 nitrogen and oxygen atoms in total. The number of fused-ring (bicyclic) bond motifs is 1. The minimum absolute atomic E-state index is 0.253. The Kier molecular flexibility index (Phi) is 5.41. The number of hydrogen-bond donors (Lipinski definition) is 1. The van der Waals surface area contributed by atoms with E-state index >= 15 is 0 Å². The smallest absolute Gasteiger partial charge is 0.300 e. The number of benzene rings is 1. The molecule has 0 spiro atoms. The number of furan rings is 1. The van der Waals surface area contributed by atoms with Crippen LogP contribution in [0.1, 0.15) is 18.6 Å². The zero-order valence-electron chi connectivity index (χ0n) is 17.5. The second-order valence-corrected chi connectivity index (χ2v) is 8.02. The minimum atomic E-state index is -0.554. The van der Waals surface area contributed by atoms with Gasteiger partial charge in [-0.25, -0.2) is 13.8 Å². The van der Waals surface area contributed by atoms with E-state index in [-0.39, 0.29) is 4.70 Å². The van der Waals surface area contributed by atoms with Crippen molar-refractivity contribution in [2.45, 2.75) is 12.8 Å². The molecule has 0 saturated carbocycles. The van der Waals surface area contributed by atoms with Gasteiger partial charge < -0.3 is 9.32 Å². The van der Waals surface area contributed by atoms with E-state index < -0.39 is 11.6 Å². The molecular formula is C22H24F2N7O+. The van der Waals surface area contributed by atoms with Crippen LogP contribution in [0, 0.1) is 11.6 Å². The lowest BCUT2D eigenvalue weighted by Gasteiger charge is -2.36. The summed E-state index contributed by atoms with van der Waals surface area (Å²) in [5.74, 6) is 6.90. The van der Waals surface area contributed by atoms with Gasteiger partial charge in [0.2, 0.25) is 0 Å². The monoisotopic (exact) mass is 440 g/mol. The maximum atomic E-state index is 14.0. The third-order valence-corrected chi connectivity index (χ3v) is 5.81. The van der Waals surface area contributed by atoms with Crippen LogP contribution in [-0.2, 0) is 0 Å². The maximum Gasteiger partial charge on any atom is 0.300 e. The third-order valence-electron chi connectivity index (χ3n) is 5.81. The van der Waals surface area contributed by atoms with Crippen LogP contribution in [0.25, 0.3) is 0 Å². The predicted molar refractivity (Wildman–Crippen MR) is 118 cm³/mol. The number of rotatable bonds is 6. The number of amidine groups is 2. The summed E-state index contributed by atoms with van der Waals surface area (Å²) < 4.78 is 32.3. The van der Waals surface area contributed by atoms with E-state index in [9.17, 15) is 8.78 Å². The molecule has 0 amide bonds. The molecule has 1 aromatic carbocycles. The fourth-order valence-electron chi connectivity index (χ4n) is 4.11. The lowest BCUT2D eigenvalue weighted by atomic mass is 10.2. The van der Waals surface area contributed by atoms with Gasteiger partial charge in [-0.2, -0.15) is 4.99 Å². The molecule has 4 heterocycles. The van der Waals surface area contributed by atoms with Gasteiger partial charge in [0.1, 0.15) is 17.8 Å². The normalized spacial score (nSPS) is 23.1. The number of hydrogen-bond acceptors (Lipinski definition) is 7. The molecule has 3 aliphatic heterocycles. The van der Waals surface area contributed by atoms with E-state index in [1.54, 1.807) is 24.6 Å². The van der Waals surface area contributed by atoms with Crippen molar-refractivity contribution >= 4 is 23.6 Å². The largest absolute Gasteiger partial charge is 0.461 e. The number of piperazine rings is 1. The first-order valence-electron chi connectivity index (χ1n) is 10.6. The van der Waals surface area contributed by atoms with Crippen molar-refractivity contribution in [3.8, 4) is 0 Å². The summed E-state index contributed by atoms with van der Waals surface area (Å²) >= 11 is 0. The van der Waals surface area contributed by atoms with Crippen LogP contribution in [0.5, 0.6) is 0 Å². The van der Waals surface area contributed by atoms with Gasteiger partial charge >= 0.3 is 0 Å². The van der Waals surface area contributed by atoms with E-state index in [1.165, 1.54) is 12.1 Å². The Labute approximate surface area is 184 Å².